The van der Waals surface area contributed by atoms with Crippen LogP contribution in [0.25, 0.3) is 0 Å². The van der Waals surface area contributed by atoms with Crippen LogP contribution in [0.5, 0.6) is 0 Å². The Morgan fingerprint density at radius 2 is 2.35 bits per heavy atom. The molecule has 0 aliphatic carbocycles. The number of rotatable bonds is 4. The summed E-state index contributed by atoms with van der Waals surface area (Å²) in [5.74, 6) is -0.0536. The molecule has 1 amide bonds. The van der Waals surface area contributed by atoms with E-state index in [1.54, 1.807) is 17.1 Å². The van der Waals surface area contributed by atoms with Crippen LogP contribution in [-0.4, -0.2) is 30.5 Å². The number of nitrogens with two attached hydrogens (primary N) is 1. The lowest BCUT2D eigenvalue weighted by Gasteiger charge is -2.01. The smallest absolute Gasteiger partial charge is 0.246 e. The van der Waals surface area contributed by atoms with Gasteiger partial charge in [-0.2, -0.15) is 5.10 Å². The van der Waals surface area contributed by atoms with E-state index >= 15 is 0 Å². The zero-order valence-corrected chi connectivity index (χ0v) is 9.37. The highest BCUT2D eigenvalue weighted by Gasteiger charge is 2.06. The largest absolute Gasteiger partial charge is 0.367 e. The fourth-order valence-corrected chi connectivity index (χ4v) is 1.33. The fraction of sp³-hybridized carbons (Fsp3) is 0.333. The average Bonchev–Trinajstić information content (AvgIpc) is 2.88. The lowest BCUT2D eigenvalue weighted by atomic mass is 10.5. The van der Waals surface area contributed by atoms with Crippen molar-refractivity contribution in [2.24, 2.45) is 0 Å². The van der Waals surface area contributed by atoms with Crippen LogP contribution in [0.4, 0.5) is 11.6 Å². The minimum atomic E-state index is -0.203. The predicted molar refractivity (Wildman–Crippen MR) is 61.0 cm³/mol. The second kappa shape index (κ2) is 4.64. The van der Waals surface area contributed by atoms with E-state index in [1.165, 1.54) is 11.0 Å². The first-order valence-electron chi connectivity index (χ1n) is 5.14. The minimum Gasteiger partial charge on any atom is -0.367 e. The molecule has 0 bridgehead atoms. The summed E-state index contributed by atoms with van der Waals surface area (Å²) >= 11 is 0. The Labute approximate surface area is 97.4 Å². The number of carbonyl (C=O) groups is 1. The summed E-state index contributed by atoms with van der Waals surface area (Å²) in [6.07, 6.45) is 4.76. The summed E-state index contributed by atoms with van der Waals surface area (Å²) in [6.45, 7) is 2.80. The number of hydrogen-bond acceptors (Lipinski definition) is 5. The molecule has 8 heteroatoms. The highest BCUT2D eigenvalue weighted by atomic mass is 16.2. The maximum Gasteiger partial charge on any atom is 0.246 e. The highest BCUT2D eigenvalue weighted by molar-refractivity contribution is 5.90. The first-order valence-corrected chi connectivity index (χ1v) is 5.14. The van der Waals surface area contributed by atoms with Gasteiger partial charge >= 0.3 is 0 Å². The van der Waals surface area contributed by atoms with Crippen molar-refractivity contribution in [1.29, 1.82) is 0 Å². The molecule has 0 saturated carbocycles. The van der Waals surface area contributed by atoms with Gasteiger partial charge < -0.3 is 11.1 Å². The lowest BCUT2D eigenvalue weighted by molar-refractivity contribution is -0.116. The zero-order chi connectivity index (χ0) is 12.3. The van der Waals surface area contributed by atoms with Crippen LogP contribution < -0.4 is 11.1 Å². The quantitative estimate of drug-likeness (QED) is 0.758. The van der Waals surface area contributed by atoms with Crippen molar-refractivity contribution in [2.75, 3.05) is 11.1 Å². The lowest BCUT2D eigenvalue weighted by Crippen LogP contribution is -2.18. The monoisotopic (exact) mass is 235 g/mol. The maximum absolute atomic E-state index is 11.6. The zero-order valence-electron chi connectivity index (χ0n) is 9.37. The topological polar surface area (TPSA) is 104 Å². The molecular weight excluding hydrogens is 222 g/mol. The fourth-order valence-electron chi connectivity index (χ4n) is 1.33. The number of aryl methyl sites for hydroxylation is 1. The van der Waals surface area contributed by atoms with Crippen LogP contribution in [0, 0.1) is 0 Å². The van der Waals surface area contributed by atoms with Gasteiger partial charge in [-0.3, -0.25) is 9.48 Å². The van der Waals surface area contributed by atoms with E-state index in [0.717, 1.165) is 6.54 Å². The number of hydrogen-bond donors (Lipinski definition) is 2. The van der Waals surface area contributed by atoms with Gasteiger partial charge in [-0.15, -0.1) is 5.10 Å². The number of aromatic nitrogens is 5. The van der Waals surface area contributed by atoms with E-state index in [2.05, 4.69) is 20.5 Å². The first-order chi connectivity index (χ1) is 8.17. The molecule has 0 aliphatic rings. The van der Waals surface area contributed by atoms with E-state index in [1.807, 2.05) is 6.92 Å². The SMILES string of the molecule is CCn1cc(NC(=O)Cn2cnc(N)n2)cn1. The van der Waals surface area contributed by atoms with Crippen LogP contribution in [0.2, 0.25) is 0 Å². The van der Waals surface area contributed by atoms with E-state index < -0.39 is 0 Å². The molecule has 2 rings (SSSR count). The van der Waals surface area contributed by atoms with E-state index in [4.69, 9.17) is 5.73 Å². The molecule has 0 fully saturated rings. The number of carbonyl (C=O) groups excluding carboxylic acids is 1. The predicted octanol–water partition coefficient (Wildman–Crippen LogP) is -0.285. The first kappa shape index (κ1) is 11.1. The van der Waals surface area contributed by atoms with E-state index in [9.17, 15) is 4.79 Å². The Bertz CT molecular complexity index is 515. The third-order valence-electron chi connectivity index (χ3n) is 2.10. The summed E-state index contributed by atoms with van der Waals surface area (Å²) in [5, 5.41) is 10.6. The van der Waals surface area contributed by atoms with Crippen molar-refractivity contribution in [2.45, 2.75) is 20.0 Å². The summed E-state index contributed by atoms with van der Waals surface area (Å²) < 4.78 is 3.10. The van der Waals surface area contributed by atoms with Gasteiger partial charge in [0.05, 0.1) is 11.9 Å². The van der Waals surface area contributed by atoms with Crippen LogP contribution >= 0.6 is 0 Å². The van der Waals surface area contributed by atoms with Crippen LogP contribution in [0.1, 0.15) is 6.92 Å². The third kappa shape index (κ3) is 2.80. The summed E-state index contributed by atoms with van der Waals surface area (Å²) in [5.41, 5.74) is 6.00. The standard InChI is InChI=1S/C9H13N7O/c1-2-15-4-7(3-12-15)13-8(17)5-16-6-11-9(10)14-16/h3-4,6H,2,5H2,1H3,(H2,10,14)(H,13,17). The third-order valence-corrected chi connectivity index (χ3v) is 2.10. The van der Waals surface area contributed by atoms with Crippen LogP contribution in [0.3, 0.4) is 0 Å². The van der Waals surface area contributed by atoms with Gasteiger partial charge in [0.15, 0.2) is 0 Å². The van der Waals surface area contributed by atoms with Crippen molar-refractivity contribution in [1.82, 2.24) is 24.5 Å². The van der Waals surface area contributed by atoms with E-state index in [0.29, 0.717) is 5.69 Å². The van der Waals surface area contributed by atoms with Gasteiger partial charge in [-0.1, -0.05) is 0 Å². The highest BCUT2D eigenvalue weighted by Crippen LogP contribution is 2.04. The average molecular weight is 235 g/mol. The molecule has 8 nitrogen and oxygen atoms in total. The molecule has 0 atom stereocenters. The maximum atomic E-state index is 11.6. The van der Waals surface area contributed by atoms with Crippen molar-refractivity contribution in [3.8, 4) is 0 Å². The Hall–Kier alpha value is -2.38. The Balaban J connectivity index is 1.93. The van der Waals surface area contributed by atoms with Crippen molar-refractivity contribution in [3.05, 3.63) is 18.7 Å². The minimum absolute atomic E-state index is 0.0709. The van der Waals surface area contributed by atoms with Gasteiger partial charge in [0.1, 0.15) is 12.9 Å². The molecule has 17 heavy (non-hydrogen) atoms. The second-order valence-electron chi connectivity index (χ2n) is 3.43. The summed E-state index contributed by atoms with van der Waals surface area (Å²) in [4.78, 5) is 15.3. The molecule has 2 aromatic rings. The van der Waals surface area contributed by atoms with Crippen molar-refractivity contribution < 1.29 is 4.79 Å². The molecular formula is C9H13N7O. The Morgan fingerprint density at radius 3 is 2.94 bits per heavy atom. The number of nitrogen functional groups attached to an aromatic ring is 1. The molecule has 0 unspecified atom stereocenters. The molecule has 0 aliphatic heterocycles. The van der Waals surface area contributed by atoms with Crippen molar-refractivity contribution in [3.63, 3.8) is 0 Å². The number of nitrogens with zero attached hydrogens (tertiary/aromatic N) is 5. The van der Waals surface area contributed by atoms with Crippen LogP contribution in [0.15, 0.2) is 18.7 Å². The second-order valence-corrected chi connectivity index (χ2v) is 3.43. The molecule has 90 valence electrons. The number of nitrogens with one attached hydrogen (secondary N) is 1. The number of amides is 1. The van der Waals surface area contributed by atoms with Gasteiger partial charge in [-0.25, -0.2) is 9.67 Å². The van der Waals surface area contributed by atoms with Crippen molar-refractivity contribution >= 4 is 17.5 Å². The molecule has 0 radical (unpaired) electrons. The Morgan fingerprint density at radius 1 is 1.53 bits per heavy atom. The molecule has 0 spiro atoms. The van der Waals surface area contributed by atoms with Gasteiger partial charge in [-0.05, 0) is 6.92 Å². The van der Waals surface area contributed by atoms with Gasteiger partial charge in [0.25, 0.3) is 0 Å². The van der Waals surface area contributed by atoms with E-state index in [-0.39, 0.29) is 18.4 Å². The van der Waals surface area contributed by atoms with Crippen LogP contribution in [-0.2, 0) is 17.9 Å². The molecule has 2 aromatic heterocycles. The summed E-state index contributed by atoms with van der Waals surface area (Å²) in [7, 11) is 0. The van der Waals surface area contributed by atoms with Gasteiger partial charge in [0, 0.05) is 12.7 Å². The molecule has 0 aromatic carbocycles. The Kier molecular flexibility index (Phi) is 3.03. The molecule has 3 N–H and O–H groups in total. The molecule has 0 saturated heterocycles. The van der Waals surface area contributed by atoms with Gasteiger partial charge in [0.2, 0.25) is 11.9 Å². The normalized spacial score (nSPS) is 10.4. The summed E-state index contributed by atoms with van der Waals surface area (Å²) in [6, 6.07) is 0. The molecule has 2 heterocycles. The number of anilines is 2.